The number of urea groups is 1. The number of amides is 3. The second-order valence-corrected chi connectivity index (χ2v) is 7.76. The van der Waals surface area contributed by atoms with E-state index in [1.165, 1.54) is 0 Å². The third kappa shape index (κ3) is 2.82. The summed E-state index contributed by atoms with van der Waals surface area (Å²) in [5.41, 5.74) is -0.842. The standard InChI is InChI=1S/C14H16BrN3O3S/c15-10-4-1-5-11(7-10)22(21)16-8-9-3-2-6-14(9)12(19)17-13(20)18-14/h1,4-5,7,9,16H,2-3,6,8H2,(H2,17,18,19,20). The molecule has 1 aromatic carbocycles. The molecule has 1 saturated carbocycles. The van der Waals surface area contributed by atoms with Crippen LogP contribution in [0.2, 0.25) is 0 Å². The molecule has 2 aliphatic rings. The second-order valence-electron chi connectivity index (χ2n) is 5.54. The van der Waals surface area contributed by atoms with Crippen LogP contribution in [0.1, 0.15) is 19.3 Å². The third-order valence-corrected chi connectivity index (χ3v) is 5.86. The van der Waals surface area contributed by atoms with Gasteiger partial charge < -0.3 is 5.32 Å². The lowest BCUT2D eigenvalue weighted by atomic mass is 9.87. The molecule has 0 aromatic heterocycles. The van der Waals surface area contributed by atoms with Gasteiger partial charge in [-0.2, -0.15) is 0 Å². The van der Waals surface area contributed by atoms with E-state index in [9.17, 15) is 13.8 Å². The zero-order valence-electron chi connectivity index (χ0n) is 11.7. The maximum atomic E-state index is 12.3. The van der Waals surface area contributed by atoms with Crippen molar-refractivity contribution < 1.29 is 13.8 Å². The highest BCUT2D eigenvalue weighted by Crippen LogP contribution is 2.37. The number of imide groups is 1. The van der Waals surface area contributed by atoms with Gasteiger partial charge >= 0.3 is 6.03 Å². The molecule has 0 bridgehead atoms. The molecule has 1 aliphatic heterocycles. The minimum Gasteiger partial charge on any atom is -0.323 e. The minimum atomic E-state index is -1.35. The van der Waals surface area contributed by atoms with Crippen LogP contribution >= 0.6 is 15.9 Å². The average Bonchev–Trinajstić information content (AvgIpc) is 3.00. The first-order valence-electron chi connectivity index (χ1n) is 7.06. The van der Waals surface area contributed by atoms with Gasteiger partial charge in [-0.05, 0) is 31.0 Å². The van der Waals surface area contributed by atoms with Crippen LogP contribution in [0.5, 0.6) is 0 Å². The van der Waals surface area contributed by atoms with E-state index in [4.69, 9.17) is 0 Å². The number of benzene rings is 1. The predicted octanol–water partition coefficient (Wildman–Crippen LogP) is 1.44. The van der Waals surface area contributed by atoms with E-state index in [1.54, 1.807) is 12.1 Å². The lowest BCUT2D eigenvalue weighted by Crippen LogP contribution is -2.52. The van der Waals surface area contributed by atoms with Crippen molar-refractivity contribution in [3.05, 3.63) is 28.7 Å². The van der Waals surface area contributed by atoms with E-state index >= 15 is 0 Å². The van der Waals surface area contributed by atoms with Crippen molar-refractivity contribution in [3.63, 3.8) is 0 Å². The summed E-state index contributed by atoms with van der Waals surface area (Å²) in [5.74, 6) is -0.329. The van der Waals surface area contributed by atoms with Gasteiger partial charge in [-0.3, -0.25) is 10.1 Å². The molecule has 0 radical (unpaired) electrons. The molecular formula is C14H16BrN3O3S. The number of nitrogens with one attached hydrogen (secondary N) is 3. The van der Waals surface area contributed by atoms with Gasteiger partial charge in [-0.1, -0.05) is 28.4 Å². The van der Waals surface area contributed by atoms with E-state index in [-0.39, 0.29) is 11.8 Å². The van der Waals surface area contributed by atoms with Crippen LogP contribution in [0.25, 0.3) is 0 Å². The zero-order valence-corrected chi connectivity index (χ0v) is 14.1. The van der Waals surface area contributed by atoms with Crippen molar-refractivity contribution in [2.24, 2.45) is 5.92 Å². The molecule has 3 unspecified atom stereocenters. The highest BCUT2D eigenvalue weighted by atomic mass is 79.9. The number of carbonyl (C=O) groups is 2. The van der Waals surface area contributed by atoms with Crippen LogP contribution in [-0.4, -0.2) is 28.2 Å². The molecule has 118 valence electrons. The molecule has 3 N–H and O–H groups in total. The van der Waals surface area contributed by atoms with Gasteiger partial charge in [0.25, 0.3) is 5.91 Å². The summed E-state index contributed by atoms with van der Waals surface area (Å²) in [4.78, 5) is 24.2. The molecule has 1 heterocycles. The highest BCUT2D eigenvalue weighted by Gasteiger charge is 2.54. The third-order valence-electron chi connectivity index (χ3n) is 4.26. The quantitative estimate of drug-likeness (QED) is 0.685. The van der Waals surface area contributed by atoms with Crippen LogP contribution in [0.4, 0.5) is 4.79 Å². The average molecular weight is 386 g/mol. The molecule has 3 amide bonds. The van der Waals surface area contributed by atoms with Gasteiger partial charge in [0.1, 0.15) is 16.5 Å². The Bertz CT molecular complexity index is 654. The van der Waals surface area contributed by atoms with Crippen molar-refractivity contribution in [1.82, 2.24) is 15.4 Å². The van der Waals surface area contributed by atoms with Crippen LogP contribution in [-0.2, 0) is 15.8 Å². The van der Waals surface area contributed by atoms with Crippen LogP contribution in [0, 0.1) is 5.92 Å². The van der Waals surface area contributed by atoms with Crippen LogP contribution < -0.4 is 15.4 Å². The Hall–Kier alpha value is -1.25. The fraction of sp³-hybridized carbons (Fsp3) is 0.429. The SMILES string of the molecule is O=C1NC(=O)C2(CCCC2CNS(=O)c2cccc(Br)c2)N1. The normalized spacial score (nSPS) is 28.7. The molecule has 3 atom stereocenters. The monoisotopic (exact) mass is 385 g/mol. The Labute approximate surface area is 139 Å². The summed E-state index contributed by atoms with van der Waals surface area (Å²) in [6, 6.07) is 6.82. The summed E-state index contributed by atoms with van der Waals surface area (Å²) in [6.45, 7) is 0.410. The maximum absolute atomic E-state index is 12.3. The van der Waals surface area contributed by atoms with E-state index < -0.39 is 22.6 Å². The number of rotatable bonds is 4. The van der Waals surface area contributed by atoms with Gasteiger partial charge in [0.05, 0.1) is 4.90 Å². The fourth-order valence-electron chi connectivity index (χ4n) is 3.16. The molecule has 1 saturated heterocycles. The first-order chi connectivity index (χ1) is 10.5. The van der Waals surface area contributed by atoms with Crippen molar-refractivity contribution in [2.75, 3.05) is 6.54 Å². The van der Waals surface area contributed by atoms with Gasteiger partial charge in [0, 0.05) is 16.9 Å². The molecule has 3 rings (SSSR count). The molecule has 2 fully saturated rings. The molecule has 1 spiro atoms. The highest BCUT2D eigenvalue weighted by molar-refractivity contribution is 9.10. The molecule has 6 nitrogen and oxygen atoms in total. The Balaban J connectivity index is 1.67. The summed E-state index contributed by atoms with van der Waals surface area (Å²) in [7, 11) is -1.35. The number of carbonyl (C=O) groups excluding carboxylic acids is 2. The topological polar surface area (TPSA) is 87.3 Å². The molecule has 22 heavy (non-hydrogen) atoms. The summed E-state index contributed by atoms with van der Waals surface area (Å²) in [5, 5.41) is 5.06. The Morgan fingerprint density at radius 2 is 2.23 bits per heavy atom. The van der Waals surface area contributed by atoms with Gasteiger partial charge in [-0.15, -0.1) is 0 Å². The smallest absolute Gasteiger partial charge is 0.322 e. The largest absolute Gasteiger partial charge is 0.323 e. The predicted molar refractivity (Wildman–Crippen MR) is 85.3 cm³/mol. The van der Waals surface area contributed by atoms with Gasteiger partial charge in [0.2, 0.25) is 0 Å². The Morgan fingerprint density at radius 3 is 2.91 bits per heavy atom. The molecular weight excluding hydrogens is 370 g/mol. The molecule has 1 aliphatic carbocycles. The van der Waals surface area contributed by atoms with E-state index in [2.05, 4.69) is 31.3 Å². The van der Waals surface area contributed by atoms with E-state index in [0.717, 1.165) is 17.3 Å². The Morgan fingerprint density at radius 1 is 1.41 bits per heavy atom. The summed E-state index contributed by atoms with van der Waals surface area (Å²) < 4.78 is 16.1. The summed E-state index contributed by atoms with van der Waals surface area (Å²) in [6.07, 6.45) is 2.31. The second kappa shape index (κ2) is 6.10. The fourth-order valence-corrected chi connectivity index (χ4v) is 4.67. The molecule has 8 heteroatoms. The number of hydrogen-bond acceptors (Lipinski definition) is 3. The zero-order chi connectivity index (χ0) is 15.7. The number of hydrogen-bond donors (Lipinski definition) is 3. The van der Waals surface area contributed by atoms with Crippen LogP contribution in [0.3, 0.4) is 0 Å². The number of halogens is 1. The Kier molecular flexibility index (Phi) is 4.33. The summed E-state index contributed by atoms with van der Waals surface area (Å²) >= 11 is 3.35. The van der Waals surface area contributed by atoms with Crippen molar-refractivity contribution in [2.45, 2.75) is 29.7 Å². The van der Waals surface area contributed by atoms with Crippen LogP contribution in [0.15, 0.2) is 33.6 Å². The first-order valence-corrected chi connectivity index (χ1v) is 9.00. The minimum absolute atomic E-state index is 0.0601. The maximum Gasteiger partial charge on any atom is 0.322 e. The van der Waals surface area contributed by atoms with Gasteiger partial charge in [-0.25, -0.2) is 13.7 Å². The van der Waals surface area contributed by atoms with Crippen molar-refractivity contribution in [1.29, 1.82) is 0 Å². The lowest BCUT2D eigenvalue weighted by Gasteiger charge is -2.28. The van der Waals surface area contributed by atoms with E-state index in [1.807, 2.05) is 12.1 Å². The van der Waals surface area contributed by atoms with E-state index in [0.29, 0.717) is 17.9 Å². The van der Waals surface area contributed by atoms with Crippen molar-refractivity contribution in [3.8, 4) is 0 Å². The lowest BCUT2D eigenvalue weighted by molar-refractivity contribution is -0.125. The van der Waals surface area contributed by atoms with Gasteiger partial charge in [0.15, 0.2) is 0 Å². The molecule has 1 aromatic rings. The van der Waals surface area contributed by atoms with Crippen molar-refractivity contribution >= 4 is 38.9 Å². The first kappa shape index (κ1) is 15.6.